The maximum Gasteiger partial charge on any atom is 0.307 e. The van der Waals surface area contributed by atoms with Crippen molar-refractivity contribution >= 4 is 17.6 Å². The van der Waals surface area contributed by atoms with Crippen LogP contribution in [0.25, 0.3) is 0 Å². The summed E-state index contributed by atoms with van der Waals surface area (Å²) in [6.07, 6.45) is 0.539. The van der Waals surface area contributed by atoms with Gasteiger partial charge in [-0.2, -0.15) is 5.26 Å². The van der Waals surface area contributed by atoms with E-state index in [-0.39, 0.29) is 5.92 Å². The summed E-state index contributed by atoms with van der Waals surface area (Å²) < 4.78 is 0. The Labute approximate surface area is 91.1 Å². The van der Waals surface area contributed by atoms with Crippen LogP contribution in [0.3, 0.4) is 0 Å². The molecule has 0 saturated heterocycles. The lowest BCUT2D eigenvalue weighted by Crippen LogP contribution is -2.01. The van der Waals surface area contributed by atoms with E-state index in [2.05, 4.69) is 4.98 Å². The standard InChI is InChI=1S/C10H7ClN2O2/c11-8-2-1-5(4-12)9(13-8)6-3-7(6)10(14)15/h1-2,6-7H,3H2,(H,14,15)/t6-,7-/m0/s1. The van der Waals surface area contributed by atoms with Gasteiger partial charge in [0.15, 0.2) is 0 Å². The maximum atomic E-state index is 10.7. The van der Waals surface area contributed by atoms with E-state index in [9.17, 15) is 4.79 Å². The van der Waals surface area contributed by atoms with Gasteiger partial charge < -0.3 is 5.11 Å². The molecule has 1 aromatic rings. The van der Waals surface area contributed by atoms with Crippen LogP contribution in [0.4, 0.5) is 0 Å². The fourth-order valence-corrected chi connectivity index (χ4v) is 1.75. The molecule has 0 amide bonds. The van der Waals surface area contributed by atoms with Crippen molar-refractivity contribution in [2.45, 2.75) is 12.3 Å². The third-order valence-corrected chi connectivity index (χ3v) is 2.68. The number of pyridine rings is 1. The molecule has 1 aliphatic carbocycles. The topological polar surface area (TPSA) is 74.0 Å². The minimum Gasteiger partial charge on any atom is -0.481 e. The number of carbonyl (C=O) groups is 1. The van der Waals surface area contributed by atoms with Gasteiger partial charge in [0.05, 0.1) is 17.2 Å². The van der Waals surface area contributed by atoms with E-state index in [1.54, 1.807) is 6.07 Å². The molecule has 0 radical (unpaired) electrons. The van der Waals surface area contributed by atoms with Crippen LogP contribution in [0.5, 0.6) is 0 Å². The van der Waals surface area contributed by atoms with Gasteiger partial charge in [0.2, 0.25) is 0 Å². The van der Waals surface area contributed by atoms with Gasteiger partial charge in [-0.05, 0) is 18.6 Å². The average Bonchev–Trinajstić information content (AvgIpc) is 2.97. The molecule has 1 N–H and O–H groups in total. The summed E-state index contributed by atoms with van der Waals surface area (Å²) in [5, 5.41) is 17.9. The maximum absolute atomic E-state index is 10.7. The Balaban J connectivity index is 2.33. The number of nitrogens with zero attached hydrogens (tertiary/aromatic N) is 2. The highest BCUT2D eigenvalue weighted by atomic mass is 35.5. The molecule has 1 heterocycles. The Morgan fingerprint density at radius 3 is 2.93 bits per heavy atom. The van der Waals surface area contributed by atoms with Gasteiger partial charge in [-0.3, -0.25) is 4.79 Å². The summed E-state index contributed by atoms with van der Waals surface area (Å²) in [5.41, 5.74) is 0.922. The zero-order valence-electron chi connectivity index (χ0n) is 7.64. The van der Waals surface area contributed by atoms with Crippen LogP contribution >= 0.6 is 11.6 Å². The van der Waals surface area contributed by atoms with Gasteiger partial charge in [0.25, 0.3) is 0 Å². The number of aromatic nitrogens is 1. The van der Waals surface area contributed by atoms with E-state index in [0.717, 1.165) is 0 Å². The third-order valence-electron chi connectivity index (χ3n) is 2.47. The highest BCUT2D eigenvalue weighted by Crippen LogP contribution is 2.47. The molecular weight excluding hydrogens is 216 g/mol. The zero-order chi connectivity index (χ0) is 11.0. The fourth-order valence-electron chi connectivity index (χ4n) is 1.60. The number of rotatable bonds is 2. The molecule has 0 aromatic carbocycles. The number of hydrogen-bond acceptors (Lipinski definition) is 3. The summed E-state index contributed by atoms with van der Waals surface area (Å²) in [7, 11) is 0. The Morgan fingerprint density at radius 1 is 1.67 bits per heavy atom. The van der Waals surface area contributed by atoms with Crippen molar-refractivity contribution in [2.24, 2.45) is 5.92 Å². The third kappa shape index (κ3) is 1.79. The van der Waals surface area contributed by atoms with Crippen molar-refractivity contribution in [3.63, 3.8) is 0 Å². The first kappa shape index (κ1) is 9.94. The fraction of sp³-hybridized carbons (Fsp3) is 0.300. The zero-order valence-corrected chi connectivity index (χ0v) is 8.40. The van der Waals surface area contributed by atoms with Crippen molar-refractivity contribution in [2.75, 3.05) is 0 Å². The normalized spacial score (nSPS) is 23.2. The predicted octanol–water partition coefficient (Wildman–Crippen LogP) is 1.79. The van der Waals surface area contributed by atoms with Crippen LogP contribution in [-0.4, -0.2) is 16.1 Å². The molecule has 0 unspecified atom stereocenters. The van der Waals surface area contributed by atoms with Crippen molar-refractivity contribution in [3.8, 4) is 6.07 Å². The summed E-state index contributed by atoms with van der Waals surface area (Å²) in [6, 6.07) is 5.09. The largest absolute Gasteiger partial charge is 0.481 e. The van der Waals surface area contributed by atoms with Crippen LogP contribution in [-0.2, 0) is 4.79 Å². The highest BCUT2D eigenvalue weighted by molar-refractivity contribution is 6.29. The second-order valence-electron chi connectivity index (χ2n) is 3.47. The number of halogens is 1. The second-order valence-corrected chi connectivity index (χ2v) is 3.85. The molecule has 15 heavy (non-hydrogen) atoms. The highest BCUT2D eigenvalue weighted by Gasteiger charge is 2.46. The van der Waals surface area contributed by atoms with E-state index in [0.29, 0.717) is 22.8 Å². The number of carboxylic acids is 1. The van der Waals surface area contributed by atoms with E-state index in [1.165, 1.54) is 6.07 Å². The lowest BCUT2D eigenvalue weighted by atomic mass is 10.1. The first-order valence-electron chi connectivity index (χ1n) is 4.43. The first-order valence-corrected chi connectivity index (χ1v) is 4.80. The van der Waals surface area contributed by atoms with Gasteiger partial charge in [-0.15, -0.1) is 0 Å². The molecule has 0 spiro atoms. The van der Waals surface area contributed by atoms with Gasteiger partial charge in [-0.25, -0.2) is 4.98 Å². The van der Waals surface area contributed by atoms with Gasteiger partial charge in [-0.1, -0.05) is 11.6 Å². The molecule has 1 fully saturated rings. The van der Waals surface area contributed by atoms with E-state index >= 15 is 0 Å². The average molecular weight is 223 g/mol. The van der Waals surface area contributed by atoms with E-state index in [4.69, 9.17) is 22.0 Å². The van der Waals surface area contributed by atoms with Crippen molar-refractivity contribution in [1.82, 2.24) is 4.98 Å². The lowest BCUT2D eigenvalue weighted by molar-refractivity contribution is -0.138. The Morgan fingerprint density at radius 2 is 2.40 bits per heavy atom. The van der Waals surface area contributed by atoms with Gasteiger partial charge in [0, 0.05) is 5.92 Å². The molecule has 1 aliphatic rings. The van der Waals surface area contributed by atoms with Crippen LogP contribution in [0, 0.1) is 17.2 Å². The molecular formula is C10H7ClN2O2. The van der Waals surface area contributed by atoms with E-state index in [1.807, 2.05) is 6.07 Å². The summed E-state index contributed by atoms with van der Waals surface area (Å²) in [4.78, 5) is 14.7. The molecule has 2 rings (SSSR count). The second kappa shape index (κ2) is 3.52. The first-order chi connectivity index (χ1) is 7.13. The lowest BCUT2D eigenvalue weighted by Gasteiger charge is -2.01. The van der Waals surface area contributed by atoms with Crippen molar-refractivity contribution in [3.05, 3.63) is 28.5 Å². The van der Waals surface area contributed by atoms with Crippen LogP contribution < -0.4 is 0 Å². The van der Waals surface area contributed by atoms with Gasteiger partial charge in [0.1, 0.15) is 11.2 Å². The smallest absolute Gasteiger partial charge is 0.307 e. The summed E-state index contributed by atoms with van der Waals surface area (Å²) in [5.74, 6) is -1.41. The molecule has 0 bridgehead atoms. The Bertz CT molecular complexity index is 467. The van der Waals surface area contributed by atoms with Crippen molar-refractivity contribution < 1.29 is 9.90 Å². The molecule has 5 heteroatoms. The van der Waals surface area contributed by atoms with Crippen molar-refractivity contribution in [1.29, 1.82) is 5.26 Å². The molecule has 4 nitrogen and oxygen atoms in total. The van der Waals surface area contributed by atoms with Crippen LogP contribution in [0.2, 0.25) is 5.15 Å². The monoisotopic (exact) mass is 222 g/mol. The molecule has 0 aliphatic heterocycles. The number of hydrogen-bond donors (Lipinski definition) is 1. The summed E-state index contributed by atoms with van der Waals surface area (Å²) in [6.45, 7) is 0. The molecule has 2 atom stereocenters. The summed E-state index contributed by atoms with van der Waals surface area (Å²) >= 11 is 5.70. The van der Waals surface area contributed by atoms with Crippen LogP contribution in [0.1, 0.15) is 23.6 Å². The molecule has 1 aromatic heterocycles. The van der Waals surface area contributed by atoms with Gasteiger partial charge >= 0.3 is 5.97 Å². The number of nitriles is 1. The number of carboxylic acid groups (broad SMARTS) is 1. The Kier molecular flexibility index (Phi) is 2.33. The number of aliphatic carboxylic acids is 1. The Hall–Kier alpha value is -1.60. The van der Waals surface area contributed by atoms with Crippen LogP contribution in [0.15, 0.2) is 12.1 Å². The minimum atomic E-state index is -0.842. The minimum absolute atomic E-state index is 0.157. The SMILES string of the molecule is N#Cc1ccc(Cl)nc1[C@H]1C[C@@H]1C(=O)O. The molecule has 1 saturated carbocycles. The predicted molar refractivity (Wildman–Crippen MR) is 52.4 cm³/mol. The molecule has 76 valence electrons. The quantitative estimate of drug-likeness (QED) is 0.775. The van der Waals surface area contributed by atoms with E-state index < -0.39 is 11.9 Å².